The first-order valence-corrected chi connectivity index (χ1v) is 5.62. The van der Waals surface area contributed by atoms with Crippen LogP contribution >= 0.6 is 23.2 Å². The maximum absolute atomic E-state index is 10.7. The van der Waals surface area contributed by atoms with E-state index in [1.807, 2.05) is 0 Å². The molecule has 0 heterocycles. The van der Waals surface area contributed by atoms with Crippen LogP contribution in [-0.2, 0) is 0 Å². The van der Waals surface area contributed by atoms with Crippen molar-refractivity contribution in [3.8, 4) is 17.2 Å². The first-order valence-electron chi connectivity index (χ1n) is 4.55. The minimum Gasteiger partial charge on any atom is -0.496 e. The van der Waals surface area contributed by atoms with Crippen LogP contribution in [0.5, 0.6) is 17.2 Å². The summed E-state index contributed by atoms with van der Waals surface area (Å²) in [6.07, 6.45) is 0.709. The number of hydrogen-bond donors (Lipinski definition) is 0. The fourth-order valence-electron chi connectivity index (χ4n) is 1.14. The Morgan fingerprint density at radius 3 is 1.76 bits per heavy atom. The van der Waals surface area contributed by atoms with Crippen molar-refractivity contribution in [1.82, 2.24) is 0 Å². The standard InChI is InChI=1S/C10H12O4.CH2Cl2/c1-12-8-5-10(14-3)9(13-2)4-7(8)6-11;2-1-3/h4-6H,1-3H3;1H2. The van der Waals surface area contributed by atoms with Crippen molar-refractivity contribution in [2.24, 2.45) is 0 Å². The van der Waals surface area contributed by atoms with Gasteiger partial charge >= 0.3 is 0 Å². The van der Waals surface area contributed by atoms with E-state index in [0.717, 1.165) is 0 Å². The van der Waals surface area contributed by atoms with E-state index in [1.54, 1.807) is 12.1 Å². The van der Waals surface area contributed by atoms with Crippen molar-refractivity contribution >= 4 is 29.5 Å². The van der Waals surface area contributed by atoms with Crippen LogP contribution < -0.4 is 14.2 Å². The zero-order chi connectivity index (χ0) is 13.3. The van der Waals surface area contributed by atoms with Crippen LogP contribution in [-0.4, -0.2) is 33.0 Å². The van der Waals surface area contributed by atoms with Gasteiger partial charge in [-0.2, -0.15) is 0 Å². The van der Waals surface area contributed by atoms with Gasteiger partial charge in [-0.3, -0.25) is 4.79 Å². The molecule has 0 atom stereocenters. The normalized spacial score (nSPS) is 8.76. The molecule has 0 aromatic heterocycles. The molecule has 0 saturated heterocycles. The summed E-state index contributed by atoms with van der Waals surface area (Å²) in [5.41, 5.74) is 0.435. The number of carbonyl (C=O) groups excluding carboxylic acids is 1. The highest BCUT2D eigenvalue weighted by molar-refractivity contribution is 6.40. The molecule has 0 radical (unpaired) electrons. The Balaban J connectivity index is 0.000000770. The van der Waals surface area contributed by atoms with Crippen LogP contribution in [0.25, 0.3) is 0 Å². The number of ether oxygens (including phenoxy) is 3. The van der Waals surface area contributed by atoms with Crippen LogP contribution in [0.15, 0.2) is 12.1 Å². The summed E-state index contributed by atoms with van der Waals surface area (Å²) in [6.45, 7) is 0. The van der Waals surface area contributed by atoms with Gasteiger partial charge in [0.05, 0.1) is 32.2 Å². The van der Waals surface area contributed by atoms with Crippen molar-refractivity contribution in [2.45, 2.75) is 0 Å². The van der Waals surface area contributed by atoms with E-state index in [0.29, 0.717) is 29.1 Å². The average molecular weight is 281 g/mol. The number of hydrogen-bond acceptors (Lipinski definition) is 4. The van der Waals surface area contributed by atoms with Crippen molar-refractivity contribution in [2.75, 3.05) is 26.7 Å². The number of benzene rings is 1. The van der Waals surface area contributed by atoms with E-state index in [2.05, 4.69) is 0 Å². The summed E-state index contributed by atoms with van der Waals surface area (Å²) in [5, 5.41) is 0.194. The van der Waals surface area contributed by atoms with Gasteiger partial charge in [0.15, 0.2) is 17.8 Å². The van der Waals surface area contributed by atoms with Gasteiger partial charge in [0.2, 0.25) is 0 Å². The molecule has 4 nitrogen and oxygen atoms in total. The van der Waals surface area contributed by atoms with Crippen molar-refractivity contribution in [1.29, 1.82) is 0 Å². The monoisotopic (exact) mass is 280 g/mol. The Labute approximate surface area is 110 Å². The molecule has 0 aliphatic carbocycles. The third-order valence-electron chi connectivity index (χ3n) is 1.86. The van der Waals surface area contributed by atoms with Gasteiger partial charge in [-0.1, -0.05) is 0 Å². The molecule has 6 heteroatoms. The predicted molar refractivity (Wildman–Crippen MR) is 68.1 cm³/mol. The first-order chi connectivity index (χ1) is 8.18. The van der Waals surface area contributed by atoms with Gasteiger partial charge in [0, 0.05) is 6.07 Å². The Hall–Kier alpha value is -1.13. The maximum atomic E-state index is 10.7. The summed E-state index contributed by atoms with van der Waals surface area (Å²) in [4.78, 5) is 10.7. The molecule has 0 fully saturated rings. The van der Waals surface area contributed by atoms with Crippen molar-refractivity contribution < 1.29 is 19.0 Å². The largest absolute Gasteiger partial charge is 0.496 e. The van der Waals surface area contributed by atoms with E-state index in [4.69, 9.17) is 37.4 Å². The van der Waals surface area contributed by atoms with Gasteiger partial charge in [0.25, 0.3) is 0 Å². The van der Waals surface area contributed by atoms with E-state index >= 15 is 0 Å². The van der Waals surface area contributed by atoms with Crippen molar-refractivity contribution in [3.63, 3.8) is 0 Å². The van der Waals surface area contributed by atoms with E-state index in [1.165, 1.54) is 21.3 Å². The molecule has 0 amide bonds. The summed E-state index contributed by atoms with van der Waals surface area (Å²) >= 11 is 9.53. The van der Waals surface area contributed by atoms with Crippen LogP contribution in [0.4, 0.5) is 0 Å². The Bertz CT molecular complexity index is 356. The Kier molecular flexibility index (Phi) is 8.36. The molecule has 0 saturated carbocycles. The minimum atomic E-state index is 0.194. The third-order valence-corrected chi connectivity index (χ3v) is 1.86. The topological polar surface area (TPSA) is 44.8 Å². The van der Waals surface area contributed by atoms with Gasteiger partial charge in [0.1, 0.15) is 5.75 Å². The fourth-order valence-corrected chi connectivity index (χ4v) is 1.14. The van der Waals surface area contributed by atoms with E-state index in [-0.39, 0.29) is 5.34 Å². The van der Waals surface area contributed by atoms with Gasteiger partial charge < -0.3 is 14.2 Å². The summed E-state index contributed by atoms with van der Waals surface area (Å²) in [6, 6.07) is 3.19. The lowest BCUT2D eigenvalue weighted by Gasteiger charge is -2.10. The lowest BCUT2D eigenvalue weighted by molar-refractivity contribution is 0.112. The average Bonchev–Trinajstić information content (AvgIpc) is 2.37. The Morgan fingerprint density at radius 2 is 1.41 bits per heavy atom. The van der Waals surface area contributed by atoms with Gasteiger partial charge in [-0.25, -0.2) is 0 Å². The summed E-state index contributed by atoms with van der Waals surface area (Å²) in [7, 11) is 4.53. The molecule has 0 unspecified atom stereocenters. The van der Waals surface area contributed by atoms with Crippen LogP contribution in [0.3, 0.4) is 0 Å². The number of rotatable bonds is 4. The SMILES string of the molecule is COc1cc(OC)c(OC)cc1C=O.ClCCl. The van der Waals surface area contributed by atoms with E-state index < -0.39 is 0 Å². The minimum absolute atomic E-state index is 0.194. The molecule has 96 valence electrons. The summed E-state index contributed by atoms with van der Waals surface area (Å²) < 4.78 is 15.1. The molecule has 17 heavy (non-hydrogen) atoms. The molecule has 1 aromatic rings. The maximum Gasteiger partial charge on any atom is 0.164 e. The first kappa shape index (κ1) is 15.9. The number of methoxy groups -OCH3 is 3. The van der Waals surface area contributed by atoms with Crippen molar-refractivity contribution in [3.05, 3.63) is 17.7 Å². The highest BCUT2D eigenvalue weighted by Gasteiger charge is 2.10. The molecule has 1 aromatic carbocycles. The lowest BCUT2D eigenvalue weighted by Crippen LogP contribution is -1.96. The highest BCUT2D eigenvalue weighted by Crippen LogP contribution is 2.33. The second-order valence-electron chi connectivity index (χ2n) is 2.67. The second kappa shape index (κ2) is 8.96. The Morgan fingerprint density at radius 1 is 1.00 bits per heavy atom. The van der Waals surface area contributed by atoms with E-state index in [9.17, 15) is 4.79 Å². The molecule has 0 spiro atoms. The highest BCUT2D eigenvalue weighted by atomic mass is 35.5. The zero-order valence-electron chi connectivity index (χ0n) is 9.83. The lowest BCUT2D eigenvalue weighted by atomic mass is 10.2. The predicted octanol–water partition coefficient (Wildman–Crippen LogP) is 2.95. The third kappa shape index (κ3) is 4.71. The zero-order valence-corrected chi connectivity index (χ0v) is 11.3. The summed E-state index contributed by atoms with van der Waals surface area (Å²) in [5.74, 6) is 1.52. The van der Waals surface area contributed by atoms with Crippen LogP contribution in [0.1, 0.15) is 10.4 Å². The molecular weight excluding hydrogens is 267 g/mol. The second-order valence-corrected chi connectivity index (χ2v) is 3.48. The van der Waals surface area contributed by atoms with Crippen LogP contribution in [0, 0.1) is 0 Å². The molecule has 0 aliphatic rings. The molecule has 0 N–H and O–H groups in total. The number of carbonyl (C=O) groups is 1. The molecule has 1 rings (SSSR count). The number of alkyl halides is 2. The van der Waals surface area contributed by atoms with Gasteiger partial charge in [-0.15, -0.1) is 23.2 Å². The molecular formula is C11H14Cl2O4. The quantitative estimate of drug-likeness (QED) is 0.628. The van der Waals surface area contributed by atoms with Gasteiger partial charge in [-0.05, 0) is 6.07 Å². The van der Waals surface area contributed by atoms with Crippen LogP contribution in [0.2, 0.25) is 0 Å². The smallest absolute Gasteiger partial charge is 0.164 e. The molecule has 0 aliphatic heterocycles. The fraction of sp³-hybridized carbons (Fsp3) is 0.364. The molecule has 0 bridgehead atoms. The number of halogens is 2. The number of aldehydes is 1.